The molecule has 1 saturated carbocycles. The summed E-state index contributed by atoms with van der Waals surface area (Å²) in [5, 5.41) is 3.99. The first-order valence-electron chi connectivity index (χ1n) is 8.74. The van der Waals surface area contributed by atoms with Crippen LogP contribution in [0, 0.1) is 0 Å². The number of hydrogen-bond acceptors (Lipinski definition) is 5. The molecule has 0 radical (unpaired) electrons. The molecule has 3 rings (SSSR count). The number of nitrogens with zero attached hydrogens (tertiary/aromatic N) is 2. The van der Waals surface area contributed by atoms with Gasteiger partial charge < -0.3 is 15.0 Å². The molecule has 2 aliphatic rings. The highest BCUT2D eigenvalue weighted by molar-refractivity contribution is 7.89. The maximum Gasteiger partial charge on any atom is 0.338 e. The van der Waals surface area contributed by atoms with Gasteiger partial charge in [-0.1, -0.05) is 0 Å². The summed E-state index contributed by atoms with van der Waals surface area (Å²) in [5.74, 6) is -0.457. The number of ether oxygens (including phenoxy) is 1. The molecule has 26 heavy (non-hydrogen) atoms. The second-order valence-electron chi connectivity index (χ2n) is 6.36. The van der Waals surface area contributed by atoms with Crippen molar-refractivity contribution in [3.05, 3.63) is 29.8 Å². The summed E-state index contributed by atoms with van der Waals surface area (Å²) in [5.41, 5.74) is 0.340. The van der Waals surface area contributed by atoms with E-state index in [1.54, 1.807) is 6.92 Å². The Morgan fingerprint density at radius 1 is 1.19 bits per heavy atom. The van der Waals surface area contributed by atoms with Gasteiger partial charge in [0.15, 0.2) is 5.11 Å². The first kappa shape index (κ1) is 19.1. The zero-order valence-corrected chi connectivity index (χ0v) is 16.3. The molecular weight excluding hydrogens is 374 g/mol. The standard InChI is InChI=1S/C17H23N3O4S2/c1-2-24-16(21)13-3-7-15(8-4-13)26(22,23)20-11-9-19(10-12-20)17(25)18-14-5-6-14/h3-4,7-8,14H,2,5-6,9-12H2,1H3,(H,18,25). The van der Waals surface area contributed by atoms with E-state index in [-0.39, 0.29) is 11.5 Å². The van der Waals surface area contributed by atoms with Gasteiger partial charge in [-0.3, -0.25) is 0 Å². The van der Waals surface area contributed by atoms with Crippen LogP contribution in [0.25, 0.3) is 0 Å². The molecule has 2 fully saturated rings. The quantitative estimate of drug-likeness (QED) is 0.591. The molecule has 0 aromatic heterocycles. The zero-order chi connectivity index (χ0) is 18.7. The summed E-state index contributed by atoms with van der Waals surface area (Å²) in [6.07, 6.45) is 2.30. The fourth-order valence-electron chi connectivity index (χ4n) is 2.75. The minimum Gasteiger partial charge on any atom is -0.462 e. The van der Waals surface area contributed by atoms with Crippen LogP contribution in [0.15, 0.2) is 29.2 Å². The molecule has 0 bridgehead atoms. The van der Waals surface area contributed by atoms with Crippen LogP contribution in [0.3, 0.4) is 0 Å². The Morgan fingerprint density at radius 3 is 2.35 bits per heavy atom. The summed E-state index contributed by atoms with van der Waals surface area (Å²) in [4.78, 5) is 13.9. The Hall–Kier alpha value is -1.71. The Balaban J connectivity index is 1.61. The van der Waals surface area contributed by atoms with Gasteiger partial charge in [-0.2, -0.15) is 4.31 Å². The molecule has 0 amide bonds. The number of nitrogens with one attached hydrogen (secondary N) is 1. The summed E-state index contributed by atoms with van der Waals surface area (Å²) >= 11 is 5.38. The van der Waals surface area contributed by atoms with E-state index in [1.807, 2.05) is 4.90 Å². The monoisotopic (exact) mass is 397 g/mol. The van der Waals surface area contributed by atoms with Crippen molar-refractivity contribution in [2.24, 2.45) is 0 Å². The number of thiocarbonyl (C=S) groups is 1. The van der Waals surface area contributed by atoms with Gasteiger partial charge in [0.1, 0.15) is 0 Å². The molecule has 0 atom stereocenters. The largest absolute Gasteiger partial charge is 0.462 e. The lowest BCUT2D eigenvalue weighted by molar-refractivity contribution is 0.0526. The molecule has 1 heterocycles. The molecule has 7 nitrogen and oxygen atoms in total. The number of rotatable bonds is 5. The summed E-state index contributed by atoms with van der Waals surface area (Å²) < 4.78 is 32.0. The van der Waals surface area contributed by atoms with E-state index in [9.17, 15) is 13.2 Å². The second-order valence-corrected chi connectivity index (χ2v) is 8.68. The van der Waals surface area contributed by atoms with E-state index in [4.69, 9.17) is 17.0 Å². The van der Waals surface area contributed by atoms with Crippen LogP contribution in [-0.2, 0) is 14.8 Å². The van der Waals surface area contributed by atoms with Crippen LogP contribution in [0.4, 0.5) is 0 Å². The summed E-state index contributed by atoms with van der Waals surface area (Å²) in [6, 6.07) is 6.36. The van der Waals surface area contributed by atoms with Gasteiger partial charge in [0.05, 0.1) is 17.1 Å². The van der Waals surface area contributed by atoms with Crippen molar-refractivity contribution in [3.8, 4) is 0 Å². The topological polar surface area (TPSA) is 79.0 Å². The summed E-state index contributed by atoms with van der Waals surface area (Å²) in [7, 11) is -3.59. The lowest BCUT2D eigenvalue weighted by Gasteiger charge is -2.35. The van der Waals surface area contributed by atoms with Gasteiger partial charge in [0.2, 0.25) is 10.0 Å². The molecule has 142 valence electrons. The van der Waals surface area contributed by atoms with E-state index in [0.717, 1.165) is 12.8 Å². The third kappa shape index (κ3) is 4.33. The smallest absolute Gasteiger partial charge is 0.338 e. The lowest BCUT2D eigenvalue weighted by atomic mass is 10.2. The zero-order valence-electron chi connectivity index (χ0n) is 14.7. The van der Waals surface area contributed by atoms with E-state index in [1.165, 1.54) is 28.6 Å². The SMILES string of the molecule is CCOC(=O)c1ccc(S(=O)(=O)N2CCN(C(=S)NC3CC3)CC2)cc1. The highest BCUT2D eigenvalue weighted by Crippen LogP contribution is 2.21. The van der Waals surface area contributed by atoms with Crippen LogP contribution in [0.1, 0.15) is 30.1 Å². The van der Waals surface area contributed by atoms with E-state index in [2.05, 4.69) is 5.32 Å². The minimum absolute atomic E-state index is 0.178. The second kappa shape index (κ2) is 7.89. The van der Waals surface area contributed by atoms with E-state index < -0.39 is 16.0 Å². The van der Waals surface area contributed by atoms with Crippen molar-refractivity contribution in [1.29, 1.82) is 0 Å². The fourth-order valence-corrected chi connectivity index (χ4v) is 4.52. The first-order valence-corrected chi connectivity index (χ1v) is 10.6. The Morgan fingerprint density at radius 2 is 1.81 bits per heavy atom. The lowest BCUT2D eigenvalue weighted by Crippen LogP contribution is -2.53. The van der Waals surface area contributed by atoms with Crippen LogP contribution in [-0.4, -0.2) is 67.5 Å². The van der Waals surface area contributed by atoms with Crippen molar-refractivity contribution >= 4 is 33.3 Å². The maximum atomic E-state index is 12.8. The molecule has 9 heteroatoms. The highest BCUT2D eigenvalue weighted by atomic mass is 32.2. The Kier molecular flexibility index (Phi) is 5.79. The average Bonchev–Trinajstić information content (AvgIpc) is 3.46. The Labute approximate surface area is 159 Å². The number of carbonyl (C=O) groups is 1. The van der Waals surface area contributed by atoms with Gasteiger partial charge in [0, 0.05) is 32.2 Å². The van der Waals surface area contributed by atoms with Crippen molar-refractivity contribution in [2.45, 2.75) is 30.7 Å². The molecule has 0 spiro atoms. The van der Waals surface area contributed by atoms with Crippen LogP contribution < -0.4 is 5.32 Å². The van der Waals surface area contributed by atoms with Crippen LogP contribution in [0.5, 0.6) is 0 Å². The van der Waals surface area contributed by atoms with Gasteiger partial charge >= 0.3 is 5.97 Å². The van der Waals surface area contributed by atoms with Gasteiger partial charge in [-0.15, -0.1) is 0 Å². The van der Waals surface area contributed by atoms with Crippen molar-refractivity contribution in [3.63, 3.8) is 0 Å². The van der Waals surface area contributed by atoms with Gasteiger partial charge in [-0.05, 0) is 56.2 Å². The highest BCUT2D eigenvalue weighted by Gasteiger charge is 2.31. The normalized spacial score (nSPS) is 18.4. The number of sulfonamides is 1. The number of benzene rings is 1. The fraction of sp³-hybridized carbons (Fsp3) is 0.529. The van der Waals surface area contributed by atoms with Crippen LogP contribution >= 0.6 is 12.2 Å². The van der Waals surface area contributed by atoms with Crippen molar-refractivity contribution in [2.75, 3.05) is 32.8 Å². The third-order valence-electron chi connectivity index (χ3n) is 4.43. The number of carbonyl (C=O) groups excluding carboxylic acids is 1. The molecule has 1 N–H and O–H groups in total. The van der Waals surface area contributed by atoms with E-state index >= 15 is 0 Å². The molecule has 1 aliphatic heterocycles. The Bertz CT molecular complexity index is 768. The number of hydrogen-bond donors (Lipinski definition) is 1. The summed E-state index contributed by atoms with van der Waals surface area (Å²) in [6.45, 7) is 3.91. The van der Waals surface area contributed by atoms with Crippen molar-refractivity contribution in [1.82, 2.24) is 14.5 Å². The van der Waals surface area contributed by atoms with Gasteiger partial charge in [-0.25, -0.2) is 13.2 Å². The van der Waals surface area contributed by atoms with E-state index in [0.29, 0.717) is 42.9 Å². The first-order chi connectivity index (χ1) is 12.4. The molecule has 0 unspecified atom stereocenters. The molecule has 1 aliphatic carbocycles. The number of esters is 1. The number of piperazine rings is 1. The third-order valence-corrected chi connectivity index (χ3v) is 6.72. The molecule has 1 saturated heterocycles. The molecule has 1 aromatic carbocycles. The average molecular weight is 398 g/mol. The minimum atomic E-state index is -3.59. The molecule has 1 aromatic rings. The van der Waals surface area contributed by atoms with Crippen LogP contribution in [0.2, 0.25) is 0 Å². The maximum absolute atomic E-state index is 12.8. The van der Waals surface area contributed by atoms with Gasteiger partial charge in [0.25, 0.3) is 0 Å². The molecular formula is C17H23N3O4S2. The predicted octanol–water partition coefficient (Wildman–Crippen LogP) is 1.21. The van der Waals surface area contributed by atoms with Crippen molar-refractivity contribution < 1.29 is 17.9 Å². The predicted molar refractivity (Wildman–Crippen MR) is 101 cm³/mol.